The number of hydrogen-bond acceptors (Lipinski definition) is 3. The van der Waals surface area contributed by atoms with Crippen LogP contribution in [0.15, 0.2) is 16.6 Å². The van der Waals surface area contributed by atoms with Gasteiger partial charge in [0.25, 0.3) is 0 Å². The lowest BCUT2D eigenvalue weighted by Gasteiger charge is -2.33. The van der Waals surface area contributed by atoms with Crippen LogP contribution >= 0.6 is 40.7 Å². The van der Waals surface area contributed by atoms with Gasteiger partial charge in [-0.1, -0.05) is 6.07 Å². The molecule has 0 aromatic heterocycles. The Bertz CT molecular complexity index is 434. The Morgan fingerprint density at radius 1 is 1.30 bits per heavy atom. The molecule has 1 aliphatic heterocycles. The second-order valence-corrected chi connectivity index (χ2v) is 5.11. The molecule has 3 nitrogen and oxygen atoms in total. The van der Waals surface area contributed by atoms with E-state index >= 15 is 0 Å². The van der Waals surface area contributed by atoms with Crippen molar-refractivity contribution in [2.45, 2.75) is 6.04 Å². The molecule has 0 unspecified atom stereocenters. The van der Waals surface area contributed by atoms with Gasteiger partial charge in [-0.25, -0.2) is 8.78 Å². The van der Waals surface area contributed by atoms with Gasteiger partial charge in [0.2, 0.25) is 0 Å². The standard InChI is InChI=1S/C12H15BrF2N2O.2ClH/c13-9-2-1-8(12(18)11(9)15)10(7-14)17-5-3-16-4-6-17;;/h1-2,10,16,18H,3-7H2;2*1H/t10-;;/m1../s1. The fourth-order valence-corrected chi connectivity index (χ4v) is 2.51. The summed E-state index contributed by atoms with van der Waals surface area (Å²) < 4.78 is 27.0. The fourth-order valence-electron chi connectivity index (χ4n) is 2.19. The summed E-state index contributed by atoms with van der Waals surface area (Å²) in [5.74, 6) is -1.20. The normalized spacial score (nSPS) is 16.9. The first kappa shape index (κ1) is 19.9. The molecular formula is C12H17BrCl2F2N2O. The number of piperazine rings is 1. The van der Waals surface area contributed by atoms with Crippen molar-refractivity contribution in [2.75, 3.05) is 32.9 Å². The van der Waals surface area contributed by atoms with E-state index in [0.29, 0.717) is 18.7 Å². The van der Waals surface area contributed by atoms with E-state index in [1.165, 1.54) is 6.07 Å². The summed E-state index contributed by atoms with van der Waals surface area (Å²) in [5.41, 5.74) is 0.306. The van der Waals surface area contributed by atoms with E-state index < -0.39 is 24.3 Å². The maximum absolute atomic E-state index is 13.6. The van der Waals surface area contributed by atoms with Gasteiger partial charge in [-0.05, 0) is 22.0 Å². The second-order valence-electron chi connectivity index (χ2n) is 4.26. The molecule has 0 amide bonds. The lowest BCUT2D eigenvalue weighted by molar-refractivity contribution is 0.144. The van der Waals surface area contributed by atoms with E-state index in [0.717, 1.165) is 13.1 Å². The molecule has 0 aliphatic carbocycles. The molecule has 20 heavy (non-hydrogen) atoms. The summed E-state index contributed by atoms with van der Waals surface area (Å²) in [6, 6.07) is 2.47. The minimum absolute atomic E-state index is 0. The summed E-state index contributed by atoms with van der Waals surface area (Å²) >= 11 is 2.99. The molecular weight excluding hydrogens is 377 g/mol. The number of aromatic hydroxyl groups is 1. The van der Waals surface area contributed by atoms with Crippen LogP contribution in [-0.4, -0.2) is 42.9 Å². The van der Waals surface area contributed by atoms with E-state index in [1.54, 1.807) is 6.07 Å². The lowest BCUT2D eigenvalue weighted by atomic mass is 10.0. The number of benzene rings is 1. The predicted molar refractivity (Wildman–Crippen MR) is 83.4 cm³/mol. The lowest BCUT2D eigenvalue weighted by Crippen LogP contribution is -2.45. The van der Waals surface area contributed by atoms with Gasteiger partial charge in [0.05, 0.1) is 10.5 Å². The Balaban J connectivity index is 0.00000180. The molecule has 8 heteroatoms. The number of nitrogens with one attached hydrogen (secondary N) is 1. The van der Waals surface area contributed by atoms with Crippen molar-refractivity contribution in [2.24, 2.45) is 0 Å². The first-order valence-electron chi connectivity index (χ1n) is 5.82. The zero-order valence-corrected chi connectivity index (χ0v) is 13.8. The molecule has 1 aromatic rings. The van der Waals surface area contributed by atoms with Crippen molar-refractivity contribution < 1.29 is 13.9 Å². The largest absolute Gasteiger partial charge is 0.505 e. The number of nitrogens with zero attached hydrogens (tertiary/aromatic N) is 1. The smallest absolute Gasteiger partial charge is 0.179 e. The van der Waals surface area contributed by atoms with Crippen molar-refractivity contribution >= 4 is 40.7 Å². The van der Waals surface area contributed by atoms with E-state index in [1.807, 2.05) is 4.90 Å². The van der Waals surface area contributed by atoms with Gasteiger partial charge in [0.15, 0.2) is 11.6 Å². The summed E-state index contributed by atoms with van der Waals surface area (Å²) in [6.45, 7) is 2.28. The third kappa shape index (κ3) is 4.18. The molecule has 1 atom stereocenters. The number of phenols is 1. The number of phenolic OH excluding ortho intramolecular Hbond substituents is 1. The molecule has 0 spiro atoms. The first-order valence-corrected chi connectivity index (χ1v) is 6.62. The van der Waals surface area contributed by atoms with Crippen LogP contribution in [0.3, 0.4) is 0 Å². The van der Waals surface area contributed by atoms with Crippen LogP contribution in [0.25, 0.3) is 0 Å². The van der Waals surface area contributed by atoms with E-state index in [9.17, 15) is 13.9 Å². The molecule has 116 valence electrons. The molecule has 1 fully saturated rings. The van der Waals surface area contributed by atoms with Crippen LogP contribution in [0.1, 0.15) is 11.6 Å². The van der Waals surface area contributed by atoms with Crippen molar-refractivity contribution in [3.63, 3.8) is 0 Å². The molecule has 1 saturated heterocycles. The molecule has 0 radical (unpaired) electrons. The Morgan fingerprint density at radius 3 is 2.45 bits per heavy atom. The Hall–Kier alpha value is -0.140. The molecule has 2 N–H and O–H groups in total. The van der Waals surface area contributed by atoms with Crippen LogP contribution in [0.5, 0.6) is 5.75 Å². The Labute approximate surface area is 137 Å². The van der Waals surface area contributed by atoms with Crippen molar-refractivity contribution in [1.82, 2.24) is 10.2 Å². The highest BCUT2D eigenvalue weighted by Crippen LogP contribution is 2.34. The molecule has 0 saturated carbocycles. The van der Waals surface area contributed by atoms with Gasteiger partial charge in [-0.15, -0.1) is 24.8 Å². The van der Waals surface area contributed by atoms with E-state index in [2.05, 4.69) is 21.2 Å². The SMILES string of the molecule is Cl.Cl.Oc1c([C@@H](CF)N2CCNCC2)ccc(Br)c1F. The average molecular weight is 394 g/mol. The van der Waals surface area contributed by atoms with E-state index in [4.69, 9.17) is 0 Å². The summed E-state index contributed by atoms with van der Waals surface area (Å²) in [7, 11) is 0. The van der Waals surface area contributed by atoms with Crippen LogP contribution in [0, 0.1) is 5.82 Å². The van der Waals surface area contributed by atoms with Gasteiger partial charge < -0.3 is 10.4 Å². The van der Waals surface area contributed by atoms with Crippen molar-refractivity contribution in [3.8, 4) is 5.75 Å². The van der Waals surface area contributed by atoms with Gasteiger partial charge in [-0.2, -0.15) is 0 Å². The number of rotatable bonds is 3. The zero-order valence-electron chi connectivity index (χ0n) is 10.6. The topological polar surface area (TPSA) is 35.5 Å². The second kappa shape index (κ2) is 9.00. The molecule has 2 rings (SSSR count). The van der Waals surface area contributed by atoms with Crippen molar-refractivity contribution in [3.05, 3.63) is 28.0 Å². The van der Waals surface area contributed by atoms with Gasteiger partial charge in [0, 0.05) is 31.7 Å². The highest BCUT2D eigenvalue weighted by atomic mass is 79.9. The maximum Gasteiger partial charge on any atom is 0.179 e. The summed E-state index contributed by atoms with van der Waals surface area (Å²) in [6.07, 6.45) is 0. The summed E-state index contributed by atoms with van der Waals surface area (Å²) in [5, 5.41) is 13.0. The molecule has 1 aliphatic rings. The number of hydrogen-bond donors (Lipinski definition) is 2. The quantitative estimate of drug-likeness (QED) is 0.828. The Morgan fingerprint density at radius 2 is 1.90 bits per heavy atom. The van der Waals surface area contributed by atoms with Crippen molar-refractivity contribution in [1.29, 1.82) is 0 Å². The van der Waals surface area contributed by atoms with Gasteiger partial charge in [0.1, 0.15) is 6.67 Å². The van der Waals surface area contributed by atoms with Crippen LogP contribution in [0.2, 0.25) is 0 Å². The minimum Gasteiger partial charge on any atom is -0.505 e. The third-order valence-electron chi connectivity index (χ3n) is 3.20. The molecule has 1 heterocycles. The molecule has 0 bridgehead atoms. The van der Waals surface area contributed by atoms with Gasteiger partial charge >= 0.3 is 0 Å². The predicted octanol–water partition coefficient (Wildman–Crippen LogP) is 3.05. The van der Waals surface area contributed by atoms with Gasteiger partial charge in [-0.3, -0.25) is 4.90 Å². The third-order valence-corrected chi connectivity index (χ3v) is 3.81. The van der Waals surface area contributed by atoms with Crippen LogP contribution < -0.4 is 5.32 Å². The van der Waals surface area contributed by atoms with Crippen LogP contribution in [-0.2, 0) is 0 Å². The highest BCUT2D eigenvalue weighted by Gasteiger charge is 2.26. The number of alkyl halides is 1. The van der Waals surface area contributed by atoms with Crippen LogP contribution in [0.4, 0.5) is 8.78 Å². The fraction of sp³-hybridized carbons (Fsp3) is 0.500. The average Bonchev–Trinajstić information content (AvgIpc) is 2.41. The zero-order chi connectivity index (χ0) is 13.1. The number of halogens is 5. The summed E-state index contributed by atoms with van der Waals surface area (Å²) in [4.78, 5) is 1.92. The first-order chi connectivity index (χ1) is 8.65. The Kier molecular flexibility index (Phi) is 8.93. The monoisotopic (exact) mass is 392 g/mol. The molecule has 1 aromatic carbocycles. The highest BCUT2D eigenvalue weighted by molar-refractivity contribution is 9.10. The minimum atomic E-state index is -0.735. The van der Waals surface area contributed by atoms with E-state index in [-0.39, 0.29) is 29.3 Å². The maximum atomic E-state index is 13.6.